The van der Waals surface area contributed by atoms with Crippen LogP contribution in [0.4, 0.5) is 13.2 Å². The second-order valence-corrected chi connectivity index (χ2v) is 5.86. The maximum atomic E-state index is 12.9. The van der Waals surface area contributed by atoms with Crippen molar-refractivity contribution in [1.29, 1.82) is 0 Å². The van der Waals surface area contributed by atoms with Gasteiger partial charge in [-0.1, -0.05) is 13.3 Å². The topological polar surface area (TPSA) is 29.3 Å². The van der Waals surface area contributed by atoms with Gasteiger partial charge in [0.1, 0.15) is 0 Å². The number of alkyl halides is 3. The van der Waals surface area contributed by atoms with Crippen molar-refractivity contribution in [2.75, 3.05) is 13.1 Å². The maximum Gasteiger partial charge on any atom is 0.393 e. The molecule has 2 atom stereocenters. The molecule has 1 fully saturated rings. The van der Waals surface area contributed by atoms with Gasteiger partial charge in [0, 0.05) is 18.1 Å². The zero-order chi connectivity index (χ0) is 14.0. The Labute approximate surface area is 108 Å². The lowest BCUT2D eigenvalue weighted by Gasteiger charge is -2.37. The van der Waals surface area contributed by atoms with Crippen LogP contribution in [0.3, 0.4) is 0 Å². The van der Waals surface area contributed by atoms with E-state index in [-0.39, 0.29) is 12.5 Å². The first-order valence-electron chi connectivity index (χ1n) is 6.77. The molecule has 0 amide bonds. The first-order valence-corrected chi connectivity index (χ1v) is 6.77. The molecule has 18 heavy (non-hydrogen) atoms. The molecular formula is C13H25F3N2. The van der Waals surface area contributed by atoms with Crippen molar-refractivity contribution < 1.29 is 13.2 Å². The largest absolute Gasteiger partial charge is 0.393 e. The lowest BCUT2D eigenvalue weighted by atomic mass is 9.87. The highest BCUT2D eigenvalue weighted by atomic mass is 19.4. The van der Waals surface area contributed by atoms with Crippen molar-refractivity contribution in [3.8, 4) is 0 Å². The minimum Gasteiger partial charge on any atom is -0.328 e. The summed E-state index contributed by atoms with van der Waals surface area (Å²) >= 11 is 0. The zero-order valence-electron chi connectivity index (χ0n) is 11.6. The van der Waals surface area contributed by atoms with Gasteiger partial charge < -0.3 is 5.73 Å². The summed E-state index contributed by atoms with van der Waals surface area (Å²) in [6, 6.07) is 0.107. The number of hydrogen-bond donors (Lipinski definition) is 1. The highest BCUT2D eigenvalue weighted by molar-refractivity contribution is 4.98. The van der Waals surface area contributed by atoms with Gasteiger partial charge in [0.05, 0.1) is 5.92 Å². The second kappa shape index (κ2) is 5.78. The van der Waals surface area contributed by atoms with Crippen LogP contribution in [-0.4, -0.2) is 35.7 Å². The number of hydrogen-bond acceptors (Lipinski definition) is 2. The molecule has 1 aliphatic rings. The predicted molar refractivity (Wildman–Crippen MR) is 67.3 cm³/mol. The van der Waals surface area contributed by atoms with Gasteiger partial charge in [-0.25, -0.2) is 0 Å². The average Bonchev–Trinajstić information content (AvgIpc) is 2.50. The molecule has 0 aliphatic carbocycles. The molecule has 0 aromatic rings. The Balaban J connectivity index is 2.54. The third-order valence-corrected chi connectivity index (χ3v) is 4.18. The summed E-state index contributed by atoms with van der Waals surface area (Å²) in [5.74, 6) is -1.22. The summed E-state index contributed by atoms with van der Waals surface area (Å²) in [4.78, 5) is 1.95. The third-order valence-electron chi connectivity index (χ3n) is 4.18. The van der Waals surface area contributed by atoms with E-state index in [9.17, 15) is 13.2 Å². The van der Waals surface area contributed by atoms with Gasteiger partial charge in [-0.2, -0.15) is 13.2 Å². The van der Waals surface area contributed by atoms with Crippen LogP contribution in [-0.2, 0) is 0 Å². The van der Waals surface area contributed by atoms with Gasteiger partial charge in [-0.15, -0.1) is 0 Å². The summed E-state index contributed by atoms with van der Waals surface area (Å²) in [6.45, 7) is 6.66. The van der Waals surface area contributed by atoms with E-state index in [0.29, 0.717) is 13.1 Å². The molecule has 1 heterocycles. The number of halogens is 3. The summed E-state index contributed by atoms with van der Waals surface area (Å²) in [5.41, 5.74) is 5.12. The molecule has 5 heteroatoms. The Morgan fingerprint density at radius 3 is 2.39 bits per heavy atom. The fourth-order valence-electron chi connectivity index (χ4n) is 2.95. The first-order chi connectivity index (χ1) is 8.19. The monoisotopic (exact) mass is 266 g/mol. The smallest absolute Gasteiger partial charge is 0.328 e. The van der Waals surface area contributed by atoms with Gasteiger partial charge in [0.2, 0.25) is 0 Å². The Morgan fingerprint density at radius 1 is 1.33 bits per heavy atom. The van der Waals surface area contributed by atoms with Crippen LogP contribution in [0.1, 0.15) is 46.5 Å². The summed E-state index contributed by atoms with van der Waals surface area (Å²) in [7, 11) is 0. The van der Waals surface area contributed by atoms with Gasteiger partial charge in [-0.05, 0) is 39.7 Å². The molecule has 2 unspecified atom stereocenters. The fourth-order valence-corrected chi connectivity index (χ4v) is 2.95. The van der Waals surface area contributed by atoms with Crippen LogP contribution >= 0.6 is 0 Å². The Morgan fingerprint density at radius 2 is 1.94 bits per heavy atom. The van der Waals surface area contributed by atoms with E-state index in [4.69, 9.17) is 5.73 Å². The summed E-state index contributed by atoms with van der Waals surface area (Å²) in [6.07, 6.45) is -1.14. The van der Waals surface area contributed by atoms with E-state index >= 15 is 0 Å². The zero-order valence-corrected chi connectivity index (χ0v) is 11.6. The fraction of sp³-hybridized carbons (Fsp3) is 1.00. The molecule has 0 spiro atoms. The molecule has 0 radical (unpaired) electrons. The quantitative estimate of drug-likeness (QED) is 0.828. The Kier molecular flexibility index (Phi) is 5.06. The molecule has 0 bridgehead atoms. The van der Waals surface area contributed by atoms with E-state index in [1.165, 1.54) is 0 Å². The number of nitrogens with zero attached hydrogens (tertiary/aromatic N) is 1. The van der Waals surface area contributed by atoms with Crippen LogP contribution < -0.4 is 5.73 Å². The van der Waals surface area contributed by atoms with Crippen molar-refractivity contribution in [2.45, 2.75) is 64.2 Å². The lowest BCUT2D eigenvalue weighted by molar-refractivity contribution is -0.191. The van der Waals surface area contributed by atoms with Crippen molar-refractivity contribution in [3.63, 3.8) is 0 Å². The highest BCUT2D eigenvalue weighted by Gasteiger charge is 2.54. The second-order valence-electron chi connectivity index (χ2n) is 5.86. The van der Waals surface area contributed by atoms with Crippen molar-refractivity contribution in [3.05, 3.63) is 0 Å². The summed E-state index contributed by atoms with van der Waals surface area (Å²) < 4.78 is 38.7. The van der Waals surface area contributed by atoms with Crippen molar-refractivity contribution >= 4 is 0 Å². The molecule has 0 aromatic heterocycles. The molecule has 0 aromatic carbocycles. The first kappa shape index (κ1) is 15.8. The molecular weight excluding hydrogens is 241 g/mol. The average molecular weight is 266 g/mol. The van der Waals surface area contributed by atoms with Crippen LogP contribution in [0, 0.1) is 5.92 Å². The van der Waals surface area contributed by atoms with Crippen LogP contribution in [0.15, 0.2) is 0 Å². The van der Waals surface area contributed by atoms with Gasteiger partial charge in [0.25, 0.3) is 0 Å². The number of rotatable bonds is 5. The third kappa shape index (κ3) is 3.60. The maximum absolute atomic E-state index is 12.9. The van der Waals surface area contributed by atoms with Crippen molar-refractivity contribution in [1.82, 2.24) is 4.90 Å². The molecule has 1 aliphatic heterocycles. The number of nitrogens with two attached hydrogens (primary N) is 1. The summed E-state index contributed by atoms with van der Waals surface area (Å²) in [5, 5.41) is 0. The molecule has 2 N–H and O–H groups in total. The predicted octanol–water partition coefficient (Wildman–Crippen LogP) is 3.17. The van der Waals surface area contributed by atoms with Crippen LogP contribution in [0.5, 0.6) is 0 Å². The van der Waals surface area contributed by atoms with Gasteiger partial charge >= 0.3 is 6.18 Å². The molecule has 108 valence electrons. The molecule has 2 nitrogen and oxygen atoms in total. The van der Waals surface area contributed by atoms with Gasteiger partial charge in [-0.3, -0.25) is 4.90 Å². The minimum atomic E-state index is -4.09. The van der Waals surface area contributed by atoms with E-state index < -0.39 is 17.6 Å². The van der Waals surface area contributed by atoms with Gasteiger partial charge in [0.15, 0.2) is 0 Å². The Bertz CT molecular complexity index is 263. The minimum absolute atomic E-state index is 0.107. The van der Waals surface area contributed by atoms with Crippen molar-refractivity contribution in [2.24, 2.45) is 11.7 Å². The standard InChI is InChI=1S/C13H25F3N2/c1-4-5-10(17)6-8-18-9-7-11(12(18,2)3)13(14,15)16/h10-11H,4-9,17H2,1-3H3. The van der Waals surface area contributed by atoms with E-state index in [0.717, 1.165) is 19.3 Å². The van der Waals surface area contributed by atoms with E-state index in [1.807, 2.05) is 4.90 Å². The molecule has 1 rings (SSSR count). The SMILES string of the molecule is CCCC(N)CCN1CCC(C(F)(F)F)C1(C)C. The molecule has 1 saturated heterocycles. The van der Waals surface area contributed by atoms with E-state index in [2.05, 4.69) is 6.92 Å². The number of likely N-dealkylation sites (tertiary alicyclic amines) is 1. The van der Waals surface area contributed by atoms with Crippen LogP contribution in [0.2, 0.25) is 0 Å². The lowest BCUT2D eigenvalue weighted by Crippen LogP contribution is -2.48. The van der Waals surface area contributed by atoms with E-state index in [1.54, 1.807) is 13.8 Å². The normalized spacial score (nSPS) is 26.5. The highest BCUT2D eigenvalue weighted by Crippen LogP contribution is 2.44. The molecule has 0 saturated carbocycles. The Hall–Kier alpha value is -0.290. The van der Waals surface area contributed by atoms with Crippen LogP contribution in [0.25, 0.3) is 0 Å².